The van der Waals surface area contributed by atoms with Gasteiger partial charge in [-0.15, -0.1) is 0 Å². The average Bonchev–Trinajstić information content (AvgIpc) is 2.45. The maximum absolute atomic E-state index is 11.0. The minimum Gasteiger partial charge on any atom is -0.490 e. The van der Waals surface area contributed by atoms with Crippen LogP contribution in [0.1, 0.15) is 10.4 Å². The van der Waals surface area contributed by atoms with Crippen molar-refractivity contribution in [1.29, 1.82) is 0 Å². The molecule has 6 nitrogen and oxygen atoms in total. The number of methoxy groups -OCH3 is 1. The number of carbonyl (C=O) groups is 1. The van der Waals surface area contributed by atoms with Gasteiger partial charge in [-0.2, -0.15) is 0 Å². The van der Waals surface area contributed by atoms with Gasteiger partial charge in [0.25, 0.3) is 0 Å². The van der Waals surface area contributed by atoms with Crippen LogP contribution in [0.15, 0.2) is 18.2 Å². The molecule has 0 amide bonds. The van der Waals surface area contributed by atoms with Gasteiger partial charge in [-0.3, -0.25) is 0 Å². The third-order valence-electron chi connectivity index (χ3n) is 2.46. The zero-order valence-electron chi connectivity index (χ0n) is 11.8. The van der Waals surface area contributed by atoms with Crippen LogP contribution in [-0.4, -0.2) is 57.8 Å². The third-order valence-corrected chi connectivity index (χ3v) is 2.70. The molecule has 1 aromatic carbocycles. The monoisotopic (exact) mass is 318 g/mol. The summed E-state index contributed by atoms with van der Waals surface area (Å²) < 4.78 is 20.7. The zero-order chi connectivity index (χ0) is 15.5. The molecule has 1 aromatic rings. The molecule has 21 heavy (non-hydrogen) atoms. The molecule has 0 aromatic heterocycles. The number of halogens is 1. The fraction of sp³-hybridized carbons (Fsp3) is 0.500. The molecular formula is C14H19ClO6. The molecule has 0 aliphatic carbocycles. The van der Waals surface area contributed by atoms with Crippen molar-refractivity contribution in [3.8, 4) is 5.75 Å². The van der Waals surface area contributed by atoms with E-state index < -0.39 is 5.97 Å². The molecule has 0 spiro atoms. The Kier molecular flexibility index (Phi) is 8.77. The van der Waals surface area contributed by atoms with E-state index >= 15 is 0 Å². The molecule has 118 valence electrons. The Balaban J connectivity index is 2.21. The Morgan fingerprint density at radius 1 is 1.10 bits per heavy atom. The predicted molar refractivity (Wildman–Crippen MR) is 77.4 cm³/mol. The molecule has 1 N–H and O–H groups in total. The van der Waals surface area contributed by atoms with Gasteiger partial charge in [-0.1, -0.05) is 11.6 Å². The summed E-state index contributed by atoms with van der Waals surface area (Å²) >= 11 is 5.81. The van der Waals surface area contributed by atoms with Crippen LogP contribution in [0.25, 0.3) is 0 Å². The lowest BCUT2D eigenvalue weighted by atomic mass is 10.2. The van der Waals surface area contributed by atoms with Crippen LogP contribution in [0.4, 0.5) is 0 Å². The Morgan fingerprint density at radius 3 is 2.33 bits per heavy atom. The van der Waals surface area contributed by atoms with Crippen molar-refractivity contribution in [2.45, 2.75) is 0 Å². The number of hydrogen-bond acceptors (Lipinski definition) is 5. The van der Waals surface area contributed by atoms with E-state index in [1.807, 2.05) is 0 Å². The fourth-order valence-electron chi connectivity index (χ4n) is 1.47. The smallest absolute Gasteiger partial charge is 0.339 e. The lowest BCUT2D eigenvalue weighted by Gasteiger charge is -2.10. The van der Waals surface area contributed by atoms with Crippen molar-refractivity contribution < 1.29 is 28.8 Å². The summed E-state index contributed by atoms with van der Waals surface area (Å²) in [5, 5.41) is 9.44. The van der Waals surface area contributed by atoms with Crippen LogP contribution in [-0.2, 0) is 14.2 Å². The van der Waals surface area contributed by atoms with E-state index in [1.165, 1.54) is 18.2 Å². The van der Waals surface area contributed by atoms with Gasteiger partial charge >= 0.3 is 5.97 Å². The van der Waals surface area contributed by atoms with Crippen LogP contribution in [0, 0.1) is 0 Å². The molecule has 0 saturated heterocycles. The SMILES string of the molecule is COCCOCCOCCOc1cc(Cl)ccc1C(=O)O. The first-order valence-corrected chi connectivity index (χ1v) is 6.83. The maximum Gasteiger partial charge on any atom is 0.339 e. The highest BCUT2D eigenvalue weighted by Crippen LogP contribution is 2.23. The zero-order valence-corrected chi connectivity index (χ0v) is 12.6. The minimum absolute atomic E-state index is 0.0716. The van der Waals surface area contributed by atoms with E-state index in [9.17, 15) is 4.79 Å². The van der Waals surface area contributed by atoms with Gasteiger partial charge in [-0.25, -0.2) is 4.79 Å². The van der Waals surface area contributed by atoms with Crippen LogP contribution >= 0.6 is 11.6 Å². The van der Waals surface area contributed by atoms with E-state index in [1.54, 1.807) is 7.11 Å². The Labute approximate surface area is 128 Å². The van der Waals surface area contributed by atoms with Crippen LogP contribution in [0.2, 0.25) is 5.02 Å². The largest absolute Gasteiger partial charge is 0.490 e. The van der Waals surface area contributed by atoms with Gasteiger partial charge in [0, 0.05) is 12.1 Å². The maximum atomic E-state index is 11.0. The quantitative estimate of drug-likeness (QED) is 0.630. The summed E-state index contributed by atoms with van der Waals surface area (Å²) in [4.78, 5) is 11.0. The molecule has 0 atom stereocenters. The first kappa shape index (κ1) is 17.7. The molecule has 0 saturated carbocycles. The van der Waals surface area contributed by atoms with Crippen molar-refractivity contribution in [2.24, 2.45) is 0 Å². The average molecular weight is 319 g/mol. The summed E-state index contributed by atoms with van der Waals surface area (Å²) in [5.74, 6) is -0.830. The van der Waals surface area contributed by atoms with E-state index in [-0.39, 0.29) is 17.9 Å². The fourth-order valence-corrected chi connectivity index (χ4v) is 1.63. The number of carboxylic acids is 1. The Hall–Kier alpha value is -1.34. The lowest BCUT2D eigenvalue weighted by molar-refractivity contribution is 0.0178. The number of ether oxygens (including phenoxy) is 4. The van der Waals surface area contributed by atoms with Gasteiger partial charge in [0.05, 0.1) is 33.0 Å². The number of rotatable bonds is 11. The van der Waals surface area contributed by atoms with Crippen molar-refractivity contribution in [3.63, 3.8) is 0 Å². The van der Waals surface area contributed by atoms with Crippen molar-refractivity contribution in [3.05, 3.63) is 28.8 Å². The van der Waals surface area contributed by atoms with Crippen LogP contribution in [0.5, 0.6) is 5.75 Å². The highest BCUT2D eigenvalue weighted by Gasteiger charge is 2.11. The van der Waals surface area contributed by atoms with E-state index in [0.29, 0.717) is 38.1 Å². The second kappa shape index (κ2) is 10.4. The number of benzene rings is 1. The molecule has 0 bridgehead atoms. The van der Waals surface area contributed by atoms with Gasteiger partial charge < -0.3 is 24.1 Å². The number of hydrogen-bond donors (Lipinski definition) is 1. The normalized spacial score (nSPS) is 10.6. The van der Waals surface area contributed by atoms with Gasteiger partial charge in [-0.05, 0) is 18.2 Å². The van der Waals surface area contributed by atoms with Crippen molar-refractivity contribution in [1.82, 2.24) is 0 Å². The number of aromatic carboxylic acids is 1. The molecule has 0 unspecified atom stereocenters. The molecule has 7 heteroatoms. The van der Waals surface area contributed by atoms with E-state index in [0.717, 1.165) is 0 Å². The van der Waals surface area contributed by atoms with Crippen LogP contribution in [0.3, 0.4) is 0 Å². The van der Waals surface area contributed by atoms with Gasteiger partial charge in [0.1, 0.15) is 17.9 Å². The minimum atomic E-state index is -1.06. The molecular weight excluding hydrogens is 300 g/mol. The first-order chi connectivity index (χ1) is 10.1. The van der Waals surface area contributed by atoms with Crippen molar-refractivity contribution >= 4 is 17.6 Å². The molecule has 0 aliphatic heterocycles. The lowest BCUT2D eigenvalue weighted by Crippen LogP contribution is -2.13. The van der Waals surface area contributed by atoms with E-state index in [4.69, 9.17) is 35.7 Å². The van der Waals surface area contributed by atoms with E-state index in [2.05, 4.69) is 0 Å². The topological polar surface area (TPSA) is 74.2 Å². The Bertz CT molecular complexity index is 437. The summed E-state index contributed by atoms with van der Waals surface area (Å²) in [6, 6.07) is 4.38. The summed E-state index contributed by atoms with van der Waals surface area (Å²) in [6.07, 6.45) is 0. The standard InChI is InChI=1S/C14H19ClO6/c1-18-4-5-19-6-7-20-8-9-21-13-10-11(15)2-3-12(13)14(16)17/h2-3,10H,4-9H2,1H3,(H,16,17). The second-order valence-corrected chi connectivity index (χ2v) is 4.45. The molecule has 0 heterocycles. The number of carboxylic acid groups (broad SMARTS) is 1. The summed E-state index contributed by atoms with van der Waals surface area (Å²) in [5.41, 5.74) is 0.0716. The first-order valence-electron chi connectivity index (χ1n) is 6.45. The van der Waals surface area contributed by atoms with Gasteiger partial charge in [0.15, 0.2) is 0 Å². The summed E-state index contributed by atoms with van der Waals surface area (Å²) in [7, 11) is 1.61. The molecule has 0 aliphatic rings. The van der Waals surface area contributed by atoms with Gasteiger partial charge in [0.2, 0.25) is 0 Å². The second-order valence-electron chi connectivity index (χ2n) is 4.01. The van der Waals surface area contributed by atoms with Crippen LogP contribution < -0.4 is 4.74 Å². The third kappa shape index (κ3) is 7.29. The Morgan fingerprint density at radius 2 is 1.71 bits per heavy atom. The predicted octanol–water partition coefficient (Wildman–Crippen LogP) is 2.10. The molecule has 0 radical (unpaired) electrons. The highest BCUT2D eigenvalue weighted by molar-refractivity contribution is 6.30. The molecule has 1 rings (SSSR count). The highest BCUT2D eigenvalue weighted by atomic mass is 35.5. The molecule has 0 fully saturated rings. The van der Waals surface area contributed by atoms with Crippen molar-refractivity contribution in [2.75, 3.05) is 46.8 Å². The summed E-state index contributed by atoms with van der Waals surface area (Å²) in [6.45, 7) is 2.56.